The molecule has 80 valence electrons. The molecule has 0 saturated carbocycles. The van der Waals surface area contributed by atoms with E-state index in [0.717, 1.165) is 17.9 Å². The molecule has 0 unspecified atom stereocenters. The Morgan fingerprint density at radius 3 is 2.73 bits per heavy atom. The average Bonchev–Trinajstić information content (AvgIpc) is 2.74. The lowest BCUT2D eigenvalue weighted by molar-refractivity contribution is 0.0802. The standard InChI is InChI=1S/C10H9F2NOS/c11-8-2-1-7(5-9(8)12)10(14)13-3-4-15-6-13/h1-2,5H,3-4,6H2. The van der Waals surface area contributed by atoms with Gasteiger partial charge in [0.25, 0.3) is 5.91 Å². The van der Waals surface area contributed by atoms with Gasteiger partial charge in [-0.15, -0.1) is 11.8 Å². The van der Waals surface area contributed by atoms with Crippen LogP contribution in [0.15, 0.2) is 18.2 Å². The third kappa shape index (κ3) is 2.12. The molecule has 2 rings (SSSR count). The molecule has 0 aromatic heterocycles. The highest BCUT2D eigenvalue weighted by atomic mass is 32.2. The molecule has 1 aliphatic rings. The molecular formula is C10H9F2NOS. The summed E-state index contributed by atoms with van der Waals surface area (Å²) in [6.45, 7) is 0.669. The molecule has 1 fully saturated rings. The minimum Gasteiger partial charge on any atom is -0.329 e. The minimum atomic E-state index is -0.979. The highest BCUT2D eigenvalue weighted by Crippen LogP contribution is 2.17. The maximum atomic E-state index is 12.9. The Labute approximate surface area is 90.3 Å². The third-order valence-electron chi connectivity index (χ3n) is 2.21. The van der Waals surface area contributed by atoms with E-state index in [9.17, 15) is 13.6 Å². The van der Waals surface area contributed by atoms with E-state index < -0.39 is 11.6 Å². The smallest absolute Gasteiger partial charge is 0.254 e. The van der Waals surface area contributed by atoms with Crippen molar-refractivity contribution in [2.24, 2.45) is 0 Å². The fourth-order valence-electron chi connectivity index (χ4n) is 1.39. The number of amides is 1. The van der Waals surface area contributed by atoms with Crippen LogP contribution in [0.4, 0.5) is 8.78 Å². The zero-order valence-corrected chi connectivity index (χ0v) is 8.69. The molecule has 1 amide bonds. The van der Waals surface area contributed by atoms with Crippen LogP contribution in [-0.4, -0.2) is 29.0 Å². The van der Waals surface area contributed by atoms with E-state index in [0.29, 0.717) is 12.4 Å². The summed E-state index contributed by atoms with van der Waals surface area (Å²) in [5, 5.41) is 0. The summed E-state index contributed by atoms with van der Waals surface area (Å²) in [5.41, 5.74) is 0.205. The molecule has 1 aliphatic heterocycles. The van der Waals surface area contributed by atoms with Crippen molar-refractivity contribution < 1.29 is 13.6 Å². The maximum absolute atomic E-state index is 12.9. The van der Waals surface area contributed by atoms with E-state index in [4.69, 9.17) is 0 Å². The first-order chi connectivity index (χ1) is 7.18. The van der Waals surface area contributed by atoms with Crippen molar-refractivity contribution in [3.05, 3.63) is 35.4 Å². The Morgan fingerprint density at radius 2 is 2.13 bits per heavy atom. The third-order valence-corrected chi connectivity index (χ3v) is 3.17. The molecular weight excluding hydrogens is 220 g/mol. The topological polar surface area (TPSA) is 20.3 Å². The lowest BCUT2D eigenvalue weighted by atomic mass is 10.2. The van der Waals surface area contributed by atoms with Crippen molar-refractivity contribution in [1.29, 1.82) is 0 Å². The quantitative estimate of drug-likeness (QED) is 0.735. The summed E-state index contributed by atoms with van der Waals surface area (Å²) in [7, 11) is 0. The highest BCUT2D eigenvalue weighted by molar-refractivity contribution is 7.99. The Hall–Kier alpha value is -1.10. The fraction of sp³-hybridized carbons (Fsp3) is 0.300. The van der Waals surface area contributed by atoms with Gasteiger partial charge in [-0.1, -0.05) is 0 Å². The van der Waals surface area contributed by atoms with Gasteiger partial charge in [0.05, 0.1) is 5.88 Å². The lowest BCUT2D eigenvalue weighted by Gasteiger charge is -2.14. The van der Waals surface area contributed by atoms with Crippen LogP contribution in [0.1, 0.15) is 10.4 Å². The molecule has 5 heteroatoms. The summed E-state index contributed by atoms with van der Waals surface area (Å²) < 4.78 is 25.5. The van der Waals surface area contributed by atoms with Crippen molar-refractivity contribution in [3.8, 4) is 0 Å². The number of nitrogens with zero attached hydrogens (tertiary/aromatic N) is 1. The predicted molar refractivity (Wildman–Crippen MR) is 54.7 cm³/mol. The molecule has 2 nitrogen and oxygen atoms in total. The highest BCUT2D eigenvalue weighted by Gasteiger charge is 2.20. The van der Waals surface area contributed by atoms with Crippen LogP contribution in [0.5, 0.6) is 0 Å². The number of halogens is 2. The van der Waals surface area contributed by atoms with E-state index >= 15 is 0 Å². The van der Waals surface area contributed by atoms with Gasteiger partial charge in [-0.2, -0.15) is 0 Å². The van der Waals surface area contributed by atoms with Gasteiger partial charge in [-0.25, -0.2) is 8.78 Å². The second-order valence-corrected chi connectivity index (χ2v) is 4.31. The van der Waals surface area contributed by atoms with E-state index in [2.05, 4.69) is 0 Å². The molecule has 1 aromatic carbocycles. The largest absolute Gasteiger partial charge is 0.329 e. The summed E-state index contributed by atoms with van der Waals surface area (Å²) in [5.74, 6) is -0.623. The van der Waals surface area contributed by atoms with E-state index in [1.54, 1.807) is 16.7 Å². The molecule has 15 heavy (non-hydrogen) atoms. The first-order valence-electron chi connectivity index (χ1n) is 4.50. The van der Waals surface area contributed by atoms with Gasteiger partial charge in [0.1, 0.15) is 0 Å². The number of benzene rings is 1. The van der Waals surface area contributed by atoms with E-state index in [1.807, 2.05) is 0 Å². The number of thioether (sulfide) groups is 1. The van der Waals surface area contributed by atoms with Crippen LogP contribution >= 0.6 is 11.8 Å². The van der Waals surface area contributed by atoms with Crippen molar-refractivity contribution >= 4 is 17.7 Å². The van der Waals surface area contributed by atoms with Gasteiger partial charge < -0.3 is 4.90 Å². The number of hydrogen-bond donors (Lipinski definition) is 0. The summed E-state index contributed by atoms with van der Waals surface area (Å²) >= 11 is 1.65. The van der Waals surface area contributed by atoms with Crippen LogP contribution in [0, 0.1) is 11.6 Å². The van der Waals surface area contributed by atoms with Crippen LogP contribution < -0.4 is 0 Å². The zero-order valence-electron chi connectivity index (χ0n) is 7.87. The van der Waals surface area contributed by atoms with Gasteiger partial charge in [0, 0.05) is 17.9 Å². The van der Waals surface area contributed by atoms with Crippen molar-refractivity contribution in [1.82, 2.24) is 4.90 Å². The summed E-state index contributed by atoms with van der Waals surface area (Å²) in [4.78, 5) is 13.4. The number of carbonyl (C=O) groups excluding carboxylic acids is 1. The first kappa shape index (κ1) is 10.4. The van der Waals surface area contributed by atoms with Gasteiger partial charge in [-0.05, 0) is 18.2 Å². The van der Waals surface area contributed by atoms with Gasteiger partial charge in [0.2, 0.25) is 0 Å². The Bertz CT molecular complexity index is 391. The Morgan fingerprint density at radius 1 is 1.33 bits per heavy atom. The fourth-order valence-corrected chi connectivity index (χ4v) is 2.33. The van der Waals surface area contributed by atoms with Gasteiger partial charge >= 0.3 is 0 Å². The Balaban J connectivity index is 2.21. The normalized spacial score (nSPS) is 15.7. The van der Waals surface area contributed by atoms with Crippen LogP contribution in [0.25, 0.3) is 0 Å². The molecule has 1 aromatic rings. The first-order valence-corrected chi connectivity index (χ1v) is 5.66. The summed E-state index contributed by atoms with van der Waals surface area (Å²) in [6.07, 6.45) is 0. The van der Waals surface area contributed by atoms with Gasteiger partial charge in [-0.3, -0.25) is 4.79 Å². The second-order valence-electron chi connectivity index (χ2n) is 3.23. The number of rotatable bonds is 1. The molecule has 0 bridgehead atoms. The molecule has 1 heterocycles. The van der Waals surface area contributed by atoms with Crippen LogP contribution in [0.2, 0.25) is 0 Å². The zero-order chi connectivity index (χ0) is 10.8. The van der Waals surface area contributed by atoms with E-state index in [1.165, 1.54) is 6.07 Å². The van der Waals surface area contributed by atoms with Crippen molar-refractivity contribution in [3.63, 3.8) is 0 Å². The van der Waals surface area contributed by atoms with Crippen molar-refractivity contribution in [2.75, 3.05) is 18.2 Å². The van der Waals surface area contributed by atoms with Crippen LogP contribution in [0.3, 0.4) is 0 Å². The number of carbonyl (C=O) groups is 1. The molecule has 0 radical (unpaired) electrons. The predicted octanol–water partition coefficient (Wildman–Crippen LogP) is 2.11. The molecule has 0 N–H and O–H groups in total. The van der Waals surface area contributed by atoms with Crippen molar-refractivity contribution in [2.45, 2.75) is 0 Å². The molecule has 0 aliphatic carbocycles. The average molecular weight is 229 g/mol. The molecule has 1 saturated heterocycles. The lowest BCUT2D eigenvalue weighted by Crippen LogP contribution is -2.27. The monoisotopic (exact) mass is 229 g/mol. The second kappa shape index (κ2) is 4.18. The van der Waals surface area contributed by atoms with Crippen LogP contribution in [-0.2, 0) is 0 Å². The number of hydrogen-bond acceptors (Lipinski definition) is 2. The van der Waals surface area contributed by atoms with E-state index in [-0.39, 0.29) is 11.5 Å². The summed E-state index contributed by atoms with van der Waals surface area (Å²) in [6, 6.07) is 3.23. The molecule has 0 spiro atoms. The Kier molecular flexibility index (Phi) is 2.90. The minimum absolute atomic E-state index is 0.205. The molecule has 0 atom stereocenters. The SMILES string of the molecule is O=C(c1ccc(F)c(F)c1)N1CCSC1. The maximum Gasteiger partial charge on any atom is 0.254 e. The van der Waals surface area contributed by atoms with Gasteiger partial charge in [0.15, 0.2) is 11.6 Å².